The molecule has 0 radical (unpaired) electrons. The van der Waals surface area contributed by atoms with Crippen molar-refractivity contribution in [2.75, 3.05) is 13.7 Å². The first kappa shape index (κ1) is 13.2. The summed E-state index contributed by atoms with van der Waals surface area (Å²) in [6.07, 6.45) is 4.71. The van der Waals surface area contributed by atoms with Crippen LogP contribution in [-0.2, 0) is 9.09 Å². The topological polar surface area (TPSA) is 38.8 Å². The van der Waals surface area contributed by atoms with Gasteiger partial charge in [0, 0.05) is 6.04 Å². The van der Waals surface area contributed by atoms with Crippen LogP contribution in [0.5, 0.6) is 5.75 Å². The molecule has 5 heteroatoms. The lowest BCUT2D eigenvalue weighted by Gasteiger charge is -2.44. The van der Waals surface area contributed by atoms with Crippen molar-refractivity contribution in [3.63, 3.8) is 0 Å². The molecule has 0 bridgehead atoms. The number of hydrogen-bond donors (Lipinski definition) is 0. The summed E-state index contributed by atoms with van der Waals surface area (Å²) in [6, 6.07) is 9.60. The molecule has 3 atom stereocenters. The maximum Gasteiger partial charge on any atom is 0.461 e. The average Bonchev–Trinajstić information content (AvgIpc) is 2.45. The second-order valence-corrected chi connectivity index (χ2v) is 7.36. The Kier molecular flexibility index (Phi) is 3.66. The molecular weight excluding hydrogens is 261 g/mol. The van der Waals surface area contributed by atoms with Crippen LogP contribution < -0.4 is 4.52 Å². The number of fused-ring (bicyclic) bond motifs is 1. The molecule has 0 aromatic heterocycles. The molecule has 4 nitrogen and oxygen atoms in total. The maximum absolute atomic E-state index is 12.9. The predicted molar refractivity (Wildman–Crippen MR) is 74.1 cm³/mol. The van der Waals surface area contributed by atoms with Gasteiger partial charge in [0.25, 0.3) is 0 Å². The third kappa shape index (κ3) is 2.58. The van der Waals surface area contributed by atoms with Crippen LogP contribution in [0.1, 0.15) is 25.7 Å². The van der Waals surface area contributed by atoms with E-state index in [1.54, 1.807) is 0 Å². The Morgan fingerprint density at radius 2 is 2.00 bits per heavy atom. The summed E-state index contributed by atoms with van der Waals surface area (Å²) in [5.74, 6) is 1.10. The molecule has 0 N–H and O–H groups in total. The number of benzene rings is 1. The third-order valence-electron chi connectivity index (χ3n) is 4.15. The fourth-order valence-electron chi connectivity index (χ4n) is 3.04. The summed E-state index contributed by atoms with van der Waals surface area (Å²) >= 11 is 0. The van der Waals surface area contributed by atoms with E-state index in [1.165, 1.54) is 19.3 Å². The number of nitrogens with zero attached hydrogens (tertiary/aromatic N) is 1. The van der Waals surface area contributed by atoms with Crippen LogP contribution in [0.2, 0.25) is 0 Å². The molecule has 1 saturated carbocycles. The molecule has 2 fully saturated rings. The predicted octanol–water partition coefficient (Wildman–Crippen LogP) is 3.69. The Labute approximate surface area is 114 Å². The highest BCUT2D eigenvalue weighted by Gasteiger charge is 2.46. The highest BCUT2D eigenvalue weighted by molar-refractivity contribution is 7.51. The molecular formula is C14H20NO3P. The smallest absolute Gasteiger partial charge is 0.413 e. The average molecular weight is 281 g/mol. The van der Waals surface area contributed by atoms with Gasteiger partial charge < -0.3 is 4.52 Å². The van der Waals surface area contributed by atoms with E-state index in [-0.39, 0.29) is 0 Å². The van der Waals surface area contributed by atoms with E-state index >= 15 is 0 Å². The van der Waals surface area contributed by atoms with Crippen molar-refractivity contribution in [1.29, 1.82) is 0 Å². The van der Waals surface area contributed by atoms with Gasteiger partial charge in [-0.2, -0.15) is 4.67 Å². The van der Waals surface area contributed by atoms with Gasteiger partial charge in [-0.15, -0.1) is 0 Å². The first-order chi connectivity index (χ1) is 9.19. The minimum Gasteiger partial charge on any atom is -0.413 e. The van der Waals surface area contributed by atoms with Crippen molar-refractivity contribution in [2.45, 2.75) is 31.7 Å². The van der Waals surface area contributed by atoms with Gasteiger partial charge in [-0.25, -0.2) is 4.57 Å². The van der Waals surface area contributed by atoms with Gasteiger partial charge in [-0.1, -0.05) is 31.0 Å². The highest BCUT2D eigenvalue weighted by Crippen LogP contribution is 2.57. The Morgan fingerprint density at radius 3 is 2.79 bits per heavy atom. The SMILES string of the molecule is CN1[C@H]2CCCC[C@@H]2COP1(=O)Oc1ccccc1. The van der Waals surface area contributed by atoms with E-state index in [9.17, 15) is 4.57 Å². The zero-order valence-electron chi connectivity index (χ0n) is 11.2. The lowest BCUT2D eigenvalue weighted by Crippen LogP contribution is -2.45. The maximum atomic E-state index is 12.9. The Bertz CT molecular complexity index is 479. The van der Waals surface area contributed by atoms with Crippen molar-refractivity contribution >= 4 is 7.75 Å². The molecule has 1 unspecified atom stereocenters. The molecule has 3 rings (SSSR count). The molecule has 1 saturated heterocycles. The van der Waals surface area contributed by atoms with E-state index in [2.05, 4.69) is 0 Å². The Balaban J connectivity index is 1.78. The van der Waals surface area contributed by atoms with E-state index < -0.39 is 7.75 Å². The van der Waals surface area contributed by atoms with Gasteiger partial charge in [0.15, 0.2) is 0 Å². The van der Waals surface area contributed by atoms with Crippen molar-refractivity contribution in [1.82, 2.24) is 4.67 Å². The minimum absolute atomic E-state index is 0.331. The van der Waals surface area contributed by atoms with E-state index in [4.69, 9.17) is 9.05 Å². The standard InChI is InChI=1S/C14H20NO3P/c1-15-14-10-6-5-7-12(14)11-17-19(15,16)18-13-8-3-2-4-9-13/h2-4,8-9,12,14H,5-7,10-11H2,1H3/t12-,14+,19?/m1/s1. The molecule has 19 heavy (non-hydrogen) atoms. The molecule has 2 aliphatic rings. The summed E-state index contributed by atoms with van der Waals surface area (Å²) in [5.41, 5.74) is 0. The summed E-state index contributed by atoms with van der Waals surface area (Å²) < 4.78 is 26.0. The van der Waals surface area contributed by atoms with Gasteiger partial charge >= 0.3 is 7.75 Å². The van der Waals surface area contributed by atoms with Gasteiger partial charge in [0.2, 0.25) is 0 Å². The minimum atomic E-state index is -3.18. The highest BCUT2D eigenvalue weighted by atomic mass is 31.2. The monoisotopic (exact) mass is 281 g/mol. The number of rotatable bonds is 2. The van der Waals surface area contributed by atoms with Crippen molar-refractivity contribution < 1.29 is 13.6 Å². The molecule has 0 spiro atoms. The van der Waals surface area contributed by atoms with Gasteiger partial charge in [0.1, 0.15) is 5.75 Å². The summed E-state index contributed by atoms with van der Waals surface area (Å²) in [4.78, 5) is 0. The molecule has 1 aromatic rings. The molecule has 1 heterocycles. The van der Waals surface area contributed by atoms with Crippen molar-refractivity contribution in [3.8, 4) is 5.75 Å². The molecule has 1 aliphatic carbocycles. The largest absolute Gasteiger partial charge is 0.461 e. The molecule has 104 valence electrons. The van der Waals surface area contributed by atoms with Crippen LogP contribution >= 0.6 is 7.75 Å². The lowest BCUT2D eigenvalue weighted by molar-refractivity contribution is 0.0588. The molecule has 1 aliphatic heterocycles. The van der Waals surface area contributed by atoms with Gasteiger partial charge in [-0.05, 0) is 37.9 Å². The number of para-hydroxylation sites is 1. The van der Waals surface area contributed by atoms with E-state index in [1.807, 2.05) is 42.0 Å². The summed E-state index contributed by atoms with van der Waals surface area (Å²) in [7, 11) is -1.32. The summed E-state index contributed by atoms with van der Waals surface area (Å²) in [6.45, 7) is 0.555. The fraction of sp³-hybridized carbons (Fsp3) is 0.571. The zero-order chi connectivity index (χ0) is 13.3. The van der Waals surface area contributed by atoms with Gasteiger partial charge in [-0.3, -0.25) is 4.52 Å². The molecule has 0 amide bonds. The van der Waals surface area contributed by atoms with Crippen molar-refractivity contribution in [2.24, 2.45) is 5.92 Å². The van der Waals surface area contributed by atoms with E-state index in [0.29, 0.717) is 24.3 Å². The second-order valence-electron chi connectivity index (χ2n) is 5.35. The van der Waals surface area contributed by atoms with Crippen LogP contribution in [0.3, 0.4) is 0 Å². The second kappa shape index (κ2) is 5.28. The number of hydrogen-bond acceptors (Lipinski definition) is 3. The van der Waals surface area contributed by atoms with Crippen molar-refractivity contribution in [3.05, 3.63) is 30.3 Å². The zero-order valence-corrected chi connectivity index (χ0v) is 12.1. The first-order valence-electron chi connectivity index (χ1n) is 6.91. The Hall–Kier alpha value is -0.830. The third-order valence-corrected chi connectivity index (χ3v) is 6.14. The fourth-order valence-corrected chi connectivity index (χ4v) is 4.84. The van der Waals surface area contributed by atoms with Gasteiger partial charge in [0.05, 0.1) is 6.61 Å². The quantitative estimate of drug-likeness (QED) is 0.775. The first-order valence-corrected chi connectivity index (χ1v) is 8.41. The molecule has 1 aromatic carbocycles. The van der Waals surface area contributed by atoms with Crippen LogP contribution in [0, 0.1) is 5.92 Å². The summed E-state index contributed by atoms with van der Waals surface area (Å²) in [5, 5.41) is 0. The van der Waals surface area contributed by atoms with Crippen LogP contribution in [-0.4, -0.2) is 24.4 Å². The van der Waals surface area contributed by atoms with E-state index in [0.717, 1.165) is 6.42 Å². The van der Waals surface area contributed by atoms with Crippen LogP contribution in [0.15, 0.2) is 30.3 Å². The van der Waals surface area contributed by atoms with Crippen LogP contribution in [0.25, 0.3) is 0 Å². The Morgan fingerprint density at radius 1 is 1.26 bits per heavy atom. The lowest BCUT2D eigenvalue weighted by atomic mass is 9.85. The normalized spacial score (nSPS) is 35.6. The van der Waals surface area contributed by atoms with Crippen LogP contribution in [0.4, 0.5) is 0 Å².